The zero-order chi connectivity index (χ0) is 7.84. The van der Waals surface area contributed by atoms with Crippen LogP contribution in [-0.4, -0.2) is 41.3 Å². The highest BCUT2D eigenvalue weighted by Gasteiger charge is 2.35. The van der Waals surface area contributed by atoms with E-state index < -0.39 is 0 Å². The Morgan fingerprint density at radius 2 is 1.91 bits per heavy atom. The van der Waals surface area contributed by atoms with Crippen molar-refractivity contribution in [2.24, 2.45) is 0 Å². The van der Waals surface area contributed by atoms with Gasteiger partial charge in [0.15, 0.2) is 0 Å². The maximum atomic E-state index is 11.2. The zero-order valence-electron chi connectivity index (χ0n) is 6.75. The molecule has 0 aliphatic carbocycles. The van der Waals surface area contributed by atoms with Crippen molar-refractivity contribution < 1.29 is 4.79 Å². The topological polar surface area (TPSA) is 20.3 Å². The smallest absolute Gasteiger partial charge is 0.136 e. The molecule has 0 spiro atoms. The molecule has 2 aliphatic rings. The Balaban J connectivity index is 2.12. The number of rotatable bonds is 0. The number of piperidine rings is 1. The van der Waals surface area contributed by atoms with Gasteiger partial charge in [-0.3, -0.25) is 9.69 Å². The van der Waals surface area contributed by atoms with E-state index in [-0.39, 0.29) is 0 Å². The summed E-state index contributed by atoms with van der Waals surface area (Å²) in [6.45, 7) is 0. The van der Waals surface area contributed by atoms with Crippen LogP contribution in [-0.2, 0) is 4.79 Å². The lowest BCUT2D eigenvalue weighted by molar-refractivity contribution is -0.124. The summed E-state index contributed by atoms with van der Waals surface area (Å²) in [6, 6.07) is 1.08. The first-order chi connectivity index (χ1) is 5.27. The van der Waals surface area contributed by atoms with Crippen molar-refractivity contribution in [1.29, 1.82) is 0 Å². The summed E-state index contributed by atoms with van der Waals surface area (Å²) in [4.78, 5) is 13.6. The third-order valence-corrected chi connectivity index (χ3v) is 3.94. The number of hydrogen-bond donors (Lipinski definition) is 0. The van der Waals surface area contributed by atoms with Crippen LogP contribution in [0.3, 0.4) is 0 Å². The van der Waals surface area contributed by atoms with Crippen LogP contribution in [0.5, 0.6) is 0 Å². The standard InChI is InChI=1S/C8H13NOS/c1-9-6-2-8(10)3-7(9)5-11-4-6/h6-7H,2-5H2,1H3/t6-,7-/m1/s1. The summed E-state index contributed by atoms with van der Waals surface area (Å²) < 4.78 is 0. The van der Waals surface area contributed by atoms with Crippen molar-refractivity contribution in [3.8, 4) is 0 Å². The SMILES string of the molecule is CN1[C@H]2CSC[C@H]1CC(=O)C2. The van der Waals surface area contributed by atoms with E-state index in [4.69, 9.17) is 0 Å². The van der Waals surface area contributed by atoms with E-state index >= 15 is 0 Å². The van der Waals surface area contributed by atoms with Crippen LogP contribution in [0.4, 0.5) is 0 Å². The number of carbonyl (C=O) groups is 1. The second-order valence-electron chi connectivity index (χ2n) is 3.46. The van der Waals surface area contributed by atoms with Gasteiger partial charge in [-0.1, -0.05) is 0 Å². The van der Waals surface area contributed by atoms with E-state index in [0.717, 1.165) is 24.3 Å². The van der Waals surface area contributed by atoms with E-state index in [1.54, 1.807) is 0 Å². The highest BCUT2D eigenvalue weighted by molar-refractivity contribution is 7.99. The molecule has 2 rings (SSSR count). The Morgan fingerprint density at radius 3 is 2.45 bits per heavy atom. The molecule has 0 unspecified atom stereocenters. The Kier molecular flexibility index (Phi) is 1.93. The second-order valence-corrected chi connectivity index (χ2v) is 4.53. The minimum Gasteiger partial charge on any atom is -0.300 e. The number of fused-ring (bicyclic) bond motifs is 2. The minimum absolute atomic E-state index is 0.471. The van der Waals surface area contributed by atoms with Gasteiger partial charge in [-0.25, -0.2) is 0 Å². The van der Waals surface area contributed by atoms with Gasteiger partial charge in [0.1, 0.15) is 5.78 Å². The summed E-state index contributed by atoms with van der Waals surface area (Å²) in [6.07, 6.45) is 1.58. The van der Waals surface area contributed by atoms with Gasteiger partial charge in [0.05, 0.1) is 0 Å². The van der Waals surface area contributed by atoms with Gasteiger partial charge in [-0.2, -0.15) is 11.8 Å². The first kappa shape index (κ1) is 7.62. The third kappa shape index (κ3) is 1.32. The molecule has 0 aromatic carbocycles. The number of Topliss-reactive ketones (excluding diaryl/α,β-unsaturated/α-hetero) is 1. The van der Waals surface area contributed by atoms with Gasteiger partial charge in [0.25, 0.3) is 0 Å². The summed E-state index contributed by atoms with van der Waals surface area (Å²) >= 11 is 2.00. The molecular weight excluding hydrogens is 158 g/mol. The first-order valence-corrected chi connectivity index (χ1v) is 5.24. The maximum Gasteiger partial charge on any atom is 0.136 e. The number of carbonyl (C=O) groups excluding carboxylic acids is 1. The van der Waals surface area contributed by atoms with Crippen molar-refractivity contribution in [3.05, 3.63) is 0 Å². The van der Waals surface area contributed by atoms with Crippen LogP contribution < -0.4 is 0 Å². The molecule has 0 aromatic rings. The summed E-state index contributed by atoms with van der Waals surface area (Å²) in [7, 11) is 2.15. The molecule has 0 saturated carbocycles. The van der Waals surface area contributed by atoms with Crippen molar-refractivity contribution in [2.75, 3.05) is 18.6 Å². The van der Waals surface area contributed by atoms with Crippen LogP contribution in [0.25, 0.3) is 0 Å². The fourth-order valence-corrected chi connectivity index (χ4v) is 3.27. The Hall–Kier alpha value is -0.0200. The summed E-state index contributed by atoms with van der Waals surface area (Å²) in [5.74, 6) is 2.77. The molecule has 2 aliphatic heterocycles. The van der Waals surface area contributed by atoms with Crippen LogP contribution in [0.2, 0.25) is 0 Å². The predicted octanol–water partition coefficient (Wildman–Crippen LogP) is 0.765. The minimum atomic E-state index is 0.471. The third-order valence-electron chi connectivity index (χ3n) is 2.70. The normalized spacial score (nSPS) is 39.2. The Labute approximate surface area is 71.3 Å². The average Bonchev–Trinajstić information content (AvgIpc) is 1.92. The Bertz CT molecular complexity index is 167. The summed E-state index contributed by atoms with van der Waals surface area (Å²) in [5, 5.41) is 0. The molecule has 0 N–H and O–H groups in total. The van der Waals surface area contributed by atoms with Crippen molar-refractivity contribution in [2.45, 2.75) is 24.9 Å². The number of thioether (sulfide) groups is 1. The molecule has 2 heterocycles. The van der Waals surface area contributed by atoms with Crippen molar-refractivity contribution in [3.63, 3.8) is 0 Å². The Morgan fingerprint density at radius 1 is 1.36 bits per heavy atom. The maximum absolute atomic E-state index is 11.2. The van der Waals surface area contributed by atoms with Crippen molar-refractivity contribution in [1.82, 2.24) is 4.90 Å². The average molecular weight is 171 g/mol. The van der Waals surface area contributed by atoms with Gasteiger partial charge in [-0.05, 0) is 7.05 Å². The molecule has 0 radical (unpaired) electrons. The lowest BCUT2D eigenvalue weighted by Gasteiger charge is -2.42. The quantitative estimate of drug-likeness (QED) is 0.537. The molecule has 11 heavy (non-hydrogen) atoms. The monoisotopic (exact) mass is 171 g/mol. The molecular formula is C8H13NOS. The van der Waals surface area contributed by atoms with Crippen LogP contribution in [0.15, 0.2) is 0 Å². The molecule has 2 nitrogen and oxygen atoms in total. The first-order valence-electron chi connectivity index (χ1n) is 4.09. The van der Waals surface area contributed by atoms with Gasteiger partial charge in [0.2, 0.25) is 0 Å². The fraction of sp³-hybridized carbons (Fsp3) is 0.875. The molecule has 62 valence electrons. The predicted molar refractivity (Wildman–Crippen MR) is 46.9 cm³/mol. The lowest BCUT2D eigenvalue weighted by atomic mass is 9.97. The fourth-order valence-electron chi connectivity index (χ4n) is 1.89. The molecule has 0 amide bonds. The van der Waals surface area contributed by atoms with E-state index in [0.29, 0.717) is 17.9 Å². The van der Waals surface area contributed by atoms with E-state index in [9.17, 15) is 4.79 Å². The van der Waals surface area contributed by atoms with E-state index in [1.807, 2.05) is 11.8 Å². The summed E-state index contributed by atoms with van der Waals surface area (Å²) in [5.41, 5.74) is 0. The van der Waals surface area contributed by atoms with Crippen LogP contribution in [0.1, 0.15) is 12.8 Å². The zero-order valence-corrected chi connectivity index (χ0v) is 7.56. The van der Waals surface area contributed by atoms with Gasteiger partial charge < -0.3 is 0 Å². The molecule has 2 saturated heterocycles. The van der Waals surface area contributed by atoms with Crippen LogP contribution in [0, 0.1) is 0 Å². The van der Waals surface area contributed by atoms with Crippen LogP contribution >= 0.6 is 11.8 Å². The lowest BCUT2D eigenvalue weighted by Crippen LogP contribution is -2.52. The largest absolute Gasteiger partial charge is 0.300 e. The molecule has 2 fully saturated rings. The second kappa shape index (κ2) is 2.79. The number of ketones is 1. The molecule has 2 bridgehead atoms. The highest BCUT2D eigenvalue weighted by Crippen LogP contribution is 2.29. The molecule has 3 heteroatoms. The van der Waals surface area contributed by atoms with Gasteiger partial charge >= 0.3 is 0 Å². The van der Waals surface area contributed by atoms with Crippen molar-refractivity contribution >= 4 is 17.5 Å². The van der Waals surface area contributed by atoms with Gasteiger partial charge in [-0.15, -0.1) is 0 Å². The van der Waals surface area contributed by atoms with Gasteiger partial charge in [0, 0.05) is 36.4 Å². The highest BCUT2D eigenvalue weighted by atomic mass is 32.2. The van der Waals surface area contributed by atoms with E-state index in [1.165, 1.54) is 0 Å². The molecule has 0 aromatic heterocycles. The number of hydrogen-bond acceptors (Lipinski definition) is 3. The molecule has 2 atom stereocenters. The number of nitrogens with zero attached hydrogens (tertiary/aromatic N) is 1. The van der Waals surface area contributed by atoms with E-state index in [2.05, 4.69) is 11.9 Å².